The van der Waals surface area contributed by atoms with Gasteiger partial charge in [0.1, 0.15) is 0 Å². The monoisotopic (exact) mass is 300 g/mol. The van der Waals surface area contributed by atoms with Gasteiger partial charge in [-0.3, -0.25) is 9.59 Å². The fourth-order valence-corrected chi connectivity index (χ4v) is 1.86. The van der Waals surface area contributed by atoms with Crippen LogP contribution < -0.4 is 10.1 Å². The van der Waals surface area contributed by atoms with Crippen molar-refractivity contribution in [1.82, 2.24) is 4.98 Å². The van der Waals surface area contributed by atoms with Crippen LogP contribution in [-0.2, 0) is 9.59 Å². The SMILES string of the molecule is COc1ccc(-c2ccc(NC(=O)CCC(=O)O)cc2)cn1. The summed E-state index contributed by atoms with van der Waals surface area (Å²) in [5.74, 6) is -0.759. The number of rotatable bonds is 6. The van der Waals surface area contributed by atoms with E-state index in [0.29, 0.717) is 11.6 Å². The molecule has 0 saturated carbocycles. The Kier molecular flexibility index (Phi) is 5.08. The number of carbonyl (C=O) groups excluding carboxylic acids is 1. The molecule has 0 aliphatic rings. The zero-order valence-corrected chi connectivity index (χ0v) is 12.1. The molecule has 0 fully saturated rings. The summed E-state index contributed by atoms with van der Waals surface area (Å²) in [6.07, 6.45) is 1.49. The van der Waals surface area contributed by atoms with Gasteiger partial charge in [-0.1, -0.05) is 12.1 Å². The van der Waals surface area contributed by atoms with Crippen molar-refractivity contribution < 1.29 is 19.4 Å². The summed E-state index contributed by atoms with van der Waals surface area (Å²) in [7, 11) is 1.56. The normalized spacial score (nSPS) is 10.0. The standard InChI is InChI=1S/C16H16N2O4/c1-22-15-8-4-12(10-17-15)11-2-5-13(6-3-11)18-14(19)7-9-16(20)21/h2-6,8,10H,7,9H2,1H3,(H,18,19)(H,20,21). The zero-order valence-electron chi connectivity index (χ0n) is 12.1. The first-order valence-corrected chi connectivity index (χ1v) is 6.70. The first kappa shape index (κ1) is 15.5. The molecule has 1 heterocycles. The second-order valence-electron chi connectivity index (χ2n) is 4.61. The number of carboxylic acid groups (broad SMARTS) is 1. The van der Waals surface area contributed by atoms with E-state index in [1.165, 1.54) is 0 Å². The minimum Gasteiger partial charge on any atom is -0.481 e. The second-order valence-corrected chi connectivity index (χ2v) is 4.61. The van der Waals surface area contributed by atoms with E-state index in [1.54, 1.807) is 31.5 Å². The maximum absolute atomic E-state index is 11.5. The van der Waals surface area contributed by atoms with Crippen molar-refractivity contribution in [3.63, 3.8) is 0 Å². The van der Waals surface area contributed by atoms with Crippen LogP contribution in [0.15, 0.2) is 42.6 Å². The Morgan fingerprint density at radius 3 is 2.32 bits per heavy atom. The number of anilines is 1. The molecule has 6 heteroatoms. The Balaban J connectivity index is 2.00. The summed E-state index contributed by atoms with van der Waals surface area (Å²) in [6.45, 7) is 0. The van der Waals surface area contributed by atoms with Crippen LogP contribution in [0, 0.1) is 0 Å². The maximum atomic E-state index is 11.5. The van der Waals surface area contributed by atoms with E-state index >= 15 is 0 Å². The molecule has 2 aromatic rings. The van der Waals surface area contributed by atoms with Crippen molar-refractivity contribution in [3.05, 3.63) is 42.6 Å². The van der Waals surface area contributed by atoms with Gasteiger partial charge in [-0.05, 0) is 23.8 Å². The number of amides is 1. The molecule has 0 radical (unpaired) electrons. The molecular formula is C16H16N2O4. The molecule has 0 unspecified atom stereocenters. The minimum atomic E-state index is -0.988. The Hall–Kier alpha value is -2.89. The number of nitrogens with one attached hydrogen (secondary N) is 1. The minimum absolute atomic E-state index is 0.0422. The van der Waals surface area contributed by atoms with Crippen LogP contribution in [-0.4, -0.2) is 29.1 Å². The molecule has 22 heavy (non-hydrogen) atoms. The molecule has 6 nitrogen and oxygen atoms in total. The van der Waals surface area contributed by atoms with Gasteiger partial charge in [0.25, 0.3) is 0 Å². The van der Waals surface area contributed by atoms with Gasteiger partial charge >= 0.3 is 5.97 Å². The van der Waals surface area contributed by atoms with E-state index in [1.807, 2.05) is 18.2 Å². The molecule has 2 N–H and O–H groups in total. The van der Waals surface area contributed by atoms with Gasteiger partial charge in [0.15, 0.2) is 0 Å². The third kappa shape index (κ3) is 4.31. The number of aliphatic carboxylic acids is 1. The van der Waals surface area contributed by atoms with Gasteiger partial charge in [-0.15, -0.1) is 0 Å². The molecule has 0 aliphatic heterocycles. The molecule has 1 aromatic carbocycles. The van der Waals surface area contributed by atoms with Gasteiger partial charge < -0.3 is 15.2 Å². The lowest BCUT2D eigenvalue weighted by atomic mass is 10.1. The molecule has 1 aromatic heterocycles. The lowest BCUT2D eigenvalue weighted by Gasteiger charge is -2.06. The molecule has 0 bridgehead atoms. The van der Waals surface area contributed by atoms with Crippen LogP contribution in [0.5, 0.6) is 5.88 Å². The number of nitrogens with zero attached hydrogens (tertiary/aromatic N) is 1. The molecule has 0 spiro atoms. The fourth-order valence-electron chi connectivity index (χ4n) is 1.86. The number of carboxylic acids is 1. The van der Waals surface area contributed by atoms with E-state index in [4.69, 9.17) is 9.84 Å². The van der Waals surface area contributed by atoms with Crippen molar-refractivity contribution in [1.29, 1.82) is 0 Å². The average Bonchev–Trinajstić information content (AvgIpc) is 2.54. The maximum Gasteiger partial charge on any atom is 0.303 e. The molecule has 0 atom stereocenters. The van der Waals surface area contributed by atoms with E-state index in [9.17, 15) is 9.59 Å². The number of aromatic nitrogens is 1. The molecular weight excluding hydrogens is 284 g/mol. The Bertz CT molecular complexity index is 651. The Morgan fingerprint density at radius 2 is 1.77 bits per heavy atom. The van der Waals surface area contributed by atoms with Crippen LogP contribution in [0.25, 0.3) is 11.1 Å². The predicted octanol–water partition coefficient (Wildman–Crippen LogP) is 2.56. The molecule has 1 amide bonds. The van der Waals surface area contributed by atoms with Crippen LogP contribution in [0.2, 0.25) is 0 Å². The largest absolute Gasteiger partial charge is 0.481 e. The summed E-state index contributed by atoms with van der Waals surface area (Å²) in [6, 6.07) is 10.9. The fraction of sp³-hybridized carbons (Fsp3) is 0.188. The zero-order chi connectivity index (χ0) is 15.9. The first-order chi connectivity index (χ1) is 10.6. The number of benzene rings is 1. The Labute approximate surface area is 127 Å². The Morgan fingerprint density at radius 1 is 1.09 bits per heavy atom. The van der Waals surface area contributed by atoms with Gasteiger partial charge in [0.05, 0.1) is 13.5 Å². The van der Waals surface area contributed by atoms with Crippen LogP contribution in [0.4, 0.5) is 5.69 Å². The van der Waals surface area contributed by atoms with Crippen molar-refractivity contribution in [3.8, 4) is 17.0 Å². The van der Waals surface area contributed by atoms with Crippen LogP contribution in [0.1, 0.15) is 12.8 Å². The number of methoxy groups -OCH3 is 1. The highest BCUT2D eigenvalue weighted by atomic mass is 16.5. The first-order valence-electron chi connectivity index (χ1n) is 6.70. The van der Waals surface area contributed by atoms with E-state index < -0.39 is 5.97 Å². The highest BCUT2D eigenvalue weighted by molar-refractivity contribution is 5.92. The third-order valence-electron chi connectivity index (χ3n) is 3.01. The highest BCUT2D eigenvalue weighted by Crippen LogP contribution is 2.22. The summed E-state index contributed by atoms with van der Waals surface area (Å²) in [4.78, 5) is 26.1. The molecule has 114 valence electrons. The van der Waals surface area contributed by atoms with Crippen LogP contribution >= 0.6 is 0 Å². The smallest absolute Gasteiger partial charge is 0.303 e. The lowest BCUT2D eigenvalue weighted by Crippen LogP contribution is -2.13. The number of carbonyl (C=O) groups is 2. The van der Waals surface area contributed by atoms with Crippen molar-refractivity contribution >= 4 is 17.6 Å². The van der Waals surface area contributed by atoms with Gasteiger partial charge in [-0.25, -0.2) is 4.98 Å². The summed E-state index contributed by atoms with van der Waals surface area (Å²) in [5.41, 5.74) is 2.52. The molecule has 2 rings (SSSR count). The second kappa shape index (κ2) is 7.21. The van der Waals surface area contributed by atoms with Crippen molar-refractivity contribution in [2.75, 3.05) is 12.4 Å². The summed E-state index contributed by atoms with van der Waals surface area (Å²) in [5, 5.41) is 11.2. The van der Waals surface area contributed by atoms with Gasteiger partial charge in [0, 0.05) is 29.9 Å². The number of hydrogen-bond donors (Lipinski definition) is 2. The lowest BCUT2D eigenvalue weighted by molar-refractivity contribution is -0.138. The average molecular weight is 300 g/mol. The van der Waals surface area contributed by atoms with Gasteiger partial charge in [0.2, 0.25) is 11.8 Å². The topological polar surface area (TPSA) is 88.5 Å². The van der Waals surface area contributed by atoms with Crippen molar-refractivity contribution in [2.24, 2.45) is 0 Å². The van der Waals surface area contributed by atoms with E-state index in [2.05, 4.69) is 10.3 Å². The predicted molar refractivity (Wildman–Crippen MR) is 81.7 cm³/mol. The summed E-state index contributed by atoms with van der Waals surface area (Å²) >= 11 is 0. The van der Waals surface area contributed by atoms with E-state index in [-0.39, 0.29) is 18.7 Å². The van der Waals surface area contributed by atoms with E-state index in [0.717, 1.165) is 11.1 Å². The quantitative estimate of drug-likeness (QED) is 0.856. The summed E-state index contributed by atoms with van der Waals surface area (Å²) < 4.78 is 5.01. The number of pyridine rings is 1. The van der Waals surface area contributed by atoms with Gasteiger partial charge in [-0.2, -0.15) is 0 Å². The molecule has 0 saturated heterocycles. The highest BCUT2D eigenvalue weighted by Gasteiger charge is 2.06. The third-order valence-corrected chi connectivity index (χ3v) is 3.01. The number of ether oxygens (including phenoxy) is 1. The number of hydrogen-bond acceptors (Lipinski definition) is 4. The van der Waals surface area contributed by atoms with Crippen LogP contribution in [0.3, 0.4) is 0 Å². The molecule has 0 aliphatic carbocycles. The van der Waals surface area contributed by atoms with Crippen molar-refractivity contribution in [2.45, 2.75) is 12.8 Å².